The van der Waals surface area contributed by atoms with E-state index in [0.717, 1.165) is 23.5 Å². The van der Waals surface area contributed by atoms with Crippen molar-refractivity contribution in [1.29, 1.82) is 0 Å². The van der Waals surface area contributed by atoms with E-state index in [0.29, 0.717) is 5.75 Å². The van der Waals surface area contributed by atoms with Crippen LogP contribution in [-0.4, -0.2) is 16.1 Å². The summed E-state index contributed by atoms with van der Waals surface area (Å²) >= 11 is 0. The largest absolute Gasteiger partial charge is 0.489 e. The molecule has 0 aromatic heterocycles. The minimum Gasteiger partial charge on any atom is -0.489 e. The van der Waals surface area contributed by atoms with Gasteiger partial charge in [-0.15, -0.1) is 0 Å². The third-order valence-corrected chi connectivity index (χ3v) is 5.10. The van der Waals surface area contributed by atoms with Crippen LogP contribution in [0.1, 0.15) is 17.5 Å². The first-order chi connectivity index (χ1) is 9.72. The molecule has 1 heterocycles. The Labute approximate surface area is 122 Å². The zero-order valence-corrected chi connectivity index (χ0v) is 12.4. The molecule has 1 aliphatic heterocycles. The molecule has 20 heavy (non-hydrogen) atoms. The van der Waals surface area contributed by atoms with E-state index in [9.17, 15) is 4.21 Å². The number of benzene rings is 2. The Morgan fingerprint density at radius 3 is 2.70 bits per heavy atom. The number of fused-ring (bicyclic) bond motifs is 1. The Morgan fingerprint density at radius 1 is 1.15 bits per heavy atom. The fraction of sp³-hybridized carbons (Fsp3) is 0.294. The minimum atomic E-state index is -0.991. The van der Waals surface area contributed by atoms with Gasteiger partial charge in [0.1, 0.15) is 11.9 Å². The Bertz CT molecular complexity index is 619. The SMILES string of the molecule is Cc1ccc([S@](=O)C[C@H]2CCc3ccccc3O2)cc1. The molecule has 0 fully saturated rings. The Hall–Kier alpha value is -1.61. The summed E-state index contributed by atoms with van der Waals surface area (Å²) in [6, 6.07) is 16.0. The van der Waals surface area contributed by atoms with Gasteiger partial charge in [0.25, 0.3) is 0 Å². The molecule has 0 radical (unpaired) electrons. The van der Waals surface area contributed by atoms with Crippen LogP contribution in [-0.2, 0) is 17.2 Å². The molecule has 0 N–H and O–H groups in total. The average Bonchev–Trinajstić information content (AvgIpc) is 2.48. The highest BCUT2D eigenvalue weighted by Gasteiger charge is 2.21. The highest BCUT2D eigenvalue weighted by molar-refractivity contribution is 7.85. The standard InChI is InChI=1S/C17H18O2S/c1-13-6-10-16(11-7-13)20(18)12-15-9-8-14-4-2-3-5-17(14)19-15/h2-7,10-11,15H,8-9,12H2,1H3/t15-,20-/m1/s1. The van der Waals surface area contributed by atoms with Crippen LogP contribution in [0.25, 0.3) is 0 Å². The molecule has 2 aromatic carbocycles. The first kappa shape index (κ1) is 13.4. The molecule has 0 spiro atoms. The number of hydrogen-bond donors (Lipinski definition) is 0. The fourth-order valence-electron chi connectivity index (χ4n) is 2.45. The Kier molecular flexibility index (Phi) is 3.88. The van der Waals surface area contributed by atoms with Crippen molar-refractivity contribution in [3.63, 3.8) is 0 Å². The smallest absolute Gasteiger partial charge is 0.122 e. The summed E-state index contributed by atoms with van der Waals surface area (Å²) in [4.78, 5) is 0.887. The van der Waals surface area contributed by atoms with Crippen LogP contribution in [0.4, 0.5) is 0 Å². The molecule has 0 saturated heterocycles. The Balaban J connectivity index is 1.67. The van der Waals surface area contributed by atoms with E-state index in [1.807, 2.05) is 49.4 Å². The summed E-state index contributed by atoms with van der Waals surface area (Å²) in [6.07, 6.45) is 1.99. The molecule has 0 aliphatic carbocycles. The predicted molar refractivity (Wildman–Crippen MR) is 81.6 cm³/mol. The molecule has 0 amide bonds. The van der Waals surface area contributed by atoms with Gasteiger partial charge in [-0.2, -0.15) is 0 Å². The molecule has 0 bridgehead atoms. The summed E-state index contributed by atoms with van der Waals surface area (Å²) in [5.74, 6) is 1.52. The van der Waals surface area contributed by atoms with Crippen LogP contribution in [0, 0.1) is 6.92 Å². The molecule has 2 atom stereocenters. The van der Waals surface area contributed by atoms with Crippen LogP contribution in [0.15, 0.2) is 53.4 Å². The van der Waals surface area contributed by atoms with Gasteiger partial charge >= 0.3 is 0 Å². The lowest BCUT2D eigenvalue weighted by Crippen LogP contribution is -2.28. The predicted octanol–water partition coefficient (Wildman–Crippen LogP) is 3.50. The van der Waals surface area contributed by atoms with Crippen molar-refractivity contribution >= 4 is 10.8 Å². The van der Waals surface area contributed by atoms with E-state index >= 15 is 0 Å². The van der Waals surface area contributed by atoms with Crippen LogP contribution < -0.4 is 4.74 Å². The average molecular weight is 286 g/mol. The van der Waals surface area contributed by atoms with Gasteiger partial charge < -0.3 is 4.74 Å². The first-order valence-corrected chi connectivity index (χ1v) is 8.24. The monoisotopic (exact) mass is 286 g/mol. The third-order valence-electron chi connectivity index (χ3n) is 3.62. The molecule has 1 aliphatic rings. The van der Waals surface area contributed by atoms with Crippen LogP contribution in [0.2, 0.25) is 0 Å². The van der Waals surface area contributed by atoms with Crippen LogP contribution in [0.5, 0.6) is 5.75 Å². The Morgan fingerprint density at radius 2 is 1.90 bits per heavy atom. The van der Waals surface area contributed by atoms with Crippen molar-refractivity contribution in [2.45, 2.75) is 30.8 Å². The van der Waals surface area contributed by atoms with Crippen LogP contribution >= 0.6 is 0 Å². The van der Waals surface area contributed by atoms with Crippen molar-refractivity contribution in [3.8, 4) is 5.75 Å². The lowest BCUT2D eigenvalue weighted by atomic mass is 10.0. The summed E-state index contributed by atoms with van der Waals surface area (Å²) in [5, 5.41) is 0. The second kappa shape index (κ2) is 5.80. The zero-order valence-electron chi connectivity index (χ0n) is 11.5. The van der Waals surface area contributed by atoms with Crippen molar-refractivity contribution in [3.05, 3.63) is 59.7 Å². The van der Waals surface area contributed by atoms with Gasteiger partial charge in [0.2, 0.25) is 0 Å². The van der Waals surface area contributed by atoms with Gasteiger partial charge in [-0.3, -0.25) is 4.21 Å². The lowest BCUT2D eigenvalue weighted by molar-refractivity contribution is 0.196. The second-order valence-electron chi connectivity index (χ2n) is 5.21. The maximum absolute atomic E-state index is 12.4. The molecule has 3 heteroatoms. The number of rotatable bonds is 3. The molecule has 0 unspecified atom stereocenters. The number of hydrogen-bond acceptors (Lipinski definition) is 2. The number of aryl methyl sites for hydroxylation is 2. The highest BCUT2D eigenvalue weighted by Crippen LogP contribution is 2.27. The van der Waals surface area contributed by atoms with Crippen molar-refractivity contribution in [2.24, 2.45) is 0 Å². The van der Waals surface area contributed by atoms with Gasteiger partial charge in [0, 0.05) is 4.90 Å². The van der Waals surface area contributed by atoms with Gasteiger partial charge in [-0.05, 0) is 43.5 Å². The summed E-state index contributed by atoms with van der Waals surface area (Å²) in [5.41, 5.74) is 2.44. The van der Waals surface area contributed by atoms with E-state index < -0.39 is 10.8 Å². The molecule has 0 saturated carbocycles. The molecular weight excluding hydrogens is 268 g/mol. The second-order valence-corrected chi connectivity index (χ2v) is 6.71. The molecular formula is C17H18O2S. The van der Waals surface area contributed by atoms with Gasteiger partial charge in [0.15, 0.2) is 0 Å². The van der Waals surface area contributed by atoms with Crippen LogP contribution in [0.3, 0.4) is 0 Å². The lowest BCUT2D eigenvalue weighted by Gasteiger charge is -2.25. The fourth-order valence-corrected chi connectivity index (χ4v) is 3.66. The third kappa shape index (κ3) is 2.93. The minimum absolute atomic E-state index is 0.0482. The number of ether oxygens (including phenoxy) is 1. The van der Waals surface area contributed by atoms with E-state index in [1.54, 1.807) is 0 Å². The maximum atomic E-state index is 12.4. The molecule has 104 valence electrons. The van der Waals surface area contributed by atoms with E-state index in [-0.39, 0.29) is 6.10 Å². The van der Waals surface area contributed by atoms with Gasteiger partial charge in [-0.1, -0.05) is 35.9 Å². The van der Waals surface area contributed by atoms with E-state index in [1.165, 1.54) is 11.1 Å². The van der Waals surface area contributed by atoms with Gasteiger partial charge in [0.05, 0.1) is 16.6 Å². The quantitative estimate of drug-likeness (QED) is 0.863. The zero-order chi connectivity index (χ0) is 13.9. The van der Waals surface area contributed by atoms with Gasteiger partial charge in [-0.25, -0.2) is 0 Å². The topological polar surface area (TPSA) is 26.3 Å². The molecule has 2 nitrogen and oxygen atoms in total. The first-order valence-electron chi connectivity index (χ1n) is 6.92. The number of para-hydroxylation sites is 1. The normalized spacial score (nSPS) is 18.9. The maximum Gasteiger partial charge on any atom is 0.122 e. The van der Waals surface area contributed by atoms with Crippen molar-refractivity contribution in [2.75, 3.05) is 5.75 Å². The molecule has 3 rings (SSSR count). The highest BCUT2D eigenvalue weighted by atomic mass is 32.2. The summed E-state index contributed by atoms with van der Waals surface area (Å²) < 4.78 is 18.3. The van der Waals surface area contributed by atoms with E-state index in [4.69, 9.17) is 4.74 Å². The molecule has 2 aromatic rings. The van der Waals surface area contributed by atoms with E-state index in [2.05, 4.69) is 6.07 Å². The van der Waals surface area contributed by atoms with Crippen molar-refractivity contribution in [1.82, 2.24) is 0 Å². The summed E-state index contributed by atoms with van der Waals surface area (Å²) in [7, 11) is -0.991. The van der Waals surface area contributed by atoms with Crippen molar-refractivity contribution < 1.29 is 8.95 Å². The summed E-state index contributed by atoms with van der Waals surface area (Å²) in [6.45, 7) is 2.04.